The van der Waals surface area contributed by atoms with Crippen LogP contribution in [0.15, 0.2) is 35.2 Å². The van der Waals surface area contributed by atoms with E-state index in [1.807, 2.05) is 6.92 Å². The molecule has 128 valence electrons. The zero-order valence-corrected chi connectivity index (χ0v) is 14.4. The predicted molar refractivity (Wildman–Crippen MR) is 87.7 cm³/mol. The molecule has 0 aromatic rings. The zero-order valence-electron chi connectivity index (χ0n) is 12.8. The minimum atomic E-state index is -3.93. The number of nitrogens with zero attached hydrogens (tertiary/aromatic N) is 1. The molecule has 0 aromatic carbocycles. The van der Waals surface area contributed by atoms with E-state index in [0.29, 0.717) is 12.1 Å². The first-order chi connectivity index (χ1) is 10.9. The maximum Gasteiger partial charge on any atom is 0.261 e. The number of rotatable bonds is 7. The molecule has 0 bridgehead atoms. The molecule has 10 heteroatoms. The van der Waals surface area contributed by atoms with Crippen molar-refractivity contribution in [3.63, 3.8) is 0 Å². The molecule has 0 spiro atoms. The first-order valence-corrected chi connectivity index (χ1v) is 9.43. The molecule has 8 nitrogen and oxygen atoms in total. The van der Waals surface area contributed by atoms with Gasteiger partial charge in [-0.05, 0) is 24.5 Å². The van der Waals surface area contributed by atoms with Crippen molar-refractivity contribution in [3.8, 4) is 0 Å². The van der Waals surface area contributed by atoms with Crippen LogP contribution in [0, 0.1) is 5.92 Å². The highest BCUT2D eigenvalue weighted by atomic mass is 32.2. The normalized spacial score (nSPS) is 19.3. The van der Waals surface area contributed by atoms with Crippen LogP contribution in [0.25, 0.3) is 0 Å². The quantitative estimate of drug-likeness (QED) is 0.304. The number of sulfonamides is 1. The molecule has 23 heavy (non-hydrogen) atoms. The van der Waals surface area contributed by atoms with E-state index in [1.54, 1.807) is 29.7 Å². The highest BCUT2D eigenvalue weighted by Crippen LogP contribution is 2.33. The first kappa shape index (κ1) is 17.9. The summed E-state index contributed by atoms with van der Waals surface area (Å²) in [6.07, 6.45) is 7.83. The van der Waals surface area contributed by atoms with Crippen molar-refractivity contribution in [2.75, 3.05) is 0 Å². The fourth-order valence-corrected chi connectivity index (χ4v) is 4.62. The average Bonchev–Trinajstić information content (AvgIpc) is 3.00. The molecular weight excluding hydrogens is 340 g/mol. The Morgan fingerprint density at radius 1 is 1.52 bits per heavy atom. The lowest BCUT2D eigenvalue weighted by Crippen LogP contribution is -2.50. The minimum Gasteiger partial charge on any atom is -0.316 e. The van der Waals surface area contributed by atoms with Crippen LogP contribution in [0.2, 0.25) is 0 Å². The smallest absolute Gasteiger partial charge is 0.261 e. The van der Waals surface area contributed by atoms with Gasteiger partial charge in [0.1, 0.15) is 10.9 Å². The molecule has 2 aliphatic heterocycles. The van der Waals surface area contributed by atoms with E-state index in [9.17, 15) is 13.2 Å². The number of amides is 1. The summed E-state index contributed by atoms with van der Waals surface area (Å²) in [5.41, 5.74) is 2.02. The third-order valence-corrected chi connectivity index (χ3v) is 5.81. The SMILES string of the molecule is CCC[C@@H](C)C(NS(=O)(=O)C1=CC=CN2SNC=C12)C(=O)NO. The molecule has 0 aromatic heterocycles. The van der Waals surface area contributed by atoms with Crippen LogP contribution in [-0.2, 0) is 14.8 Å². The lowest BCUT2D eigenvalue weighted by molar-refractivity contribution is -0.132. The predicted octanol–water partition coefficient (Wildman–Crippen LogP) is 0.937. The van der Waals surface area contributed by atoms with Crippen LogP contribution >= 0.6 is 12.1 Å². The third-order valence-electron chi connectivity index (χ3n) is 3.58. The van der Waals surface area contributed by atoms with Crippen LogP contribution in [0.1, 0.15) is 26.7 Å². The van der Waals surface area contributed by atoms with Crippen molar-refractivity contribution >= 4 is 28.1 Å². The van der Waals surface area contributed by atoms with Crippen molar-refractivity contribution in [3.05, 3.63) is 35.2 Å². The number of nitrogens with one attached hydrogen (secondary N) is 3. The Morgan fingerprint density at radius 3 is 2.91 bits per heavy atom. The molecule has 2 heterocycles. The maximum absolute atomic E-state index is 12.7. The number of hydrogen-bond acceptors (Lipinski definition) is 7. The van der Waals surface area contributed by atoms with Gasteiger partial charge in [0, 0.05) is 12.4 Å². The van der Waals surface area contributed by atoms with E-state index in [1.165, 1.54) is 23.7 Å². The molecule has 2 aliphatic rings. The van der Waals surface area contributed by atoms with E-state index in [0.717, 1.165) is 6.42 Å². The summed E-state index contributed by atoms with van der Waals surface area (Å²) in [7, 11) is -3.93. The highest BCUT2D eigenvalue weighted by Gasteiger charge is 2.35. The van der Waals surface area contributed by atoms with Crippen molar-refractivity contribution in [1.29, 1.82) is 0 Å². The second-order valence-corrected chi connectivity index (χ2v) is 7.77. The van der Waals surface area contributed by atoms with Gasteiger partial charge < -0.3 is 4.72 Å². The van der Waals surface area contributed by atoms with E-state index in [-0.39, 0.29) is 10.8 Å². The van der Waals surface area contributed by atoms with Crippen molar-refractivity contribution < 1.29 is 18.4 Å². The van der Waals surface area contributed by atoms with E-state index in [4.69, 9.17) is 5.21 Å². The summed E-state index contributed by atoms with van der Waals surface area (Å²) in [5.74, 6) is -1.03. The summed E-state index contributed by atoms with van der Waals surface area (Å²) in [5, 5.41) is 8.89. The number of hydroxylamine groups is 1. The third kappa shape index (κ3) is 3.89. The number of hydrogen-bond donors (Lipinski definition) is 4. The van der Waals surface area contributed by atoms with E-state index in [2.05, 4.69) is 9.44 Å². The zero-order chi connectivity index (χ0) is 17.0. The molecule has 0 aliphatic carbocycles. The molecule has 0 radical (unpaired) electrons. The fourth-order valence-electron chi connectivity index (χ4n) is 2.41. The summed E-state index contributed by atoms with van der Waals surface area (Å²) in [6, 6.07) is -1.05. The Hall–Kier alpha value is -1.49. The van der Waals surface area contributed by atoms with Crippen molar-refractivity contribution in [2.45, 2.75) is 32.7 Å². The van der Waals surface area contributed by atoms with Gasteiger partial charge in [-0.1, -0.05) is 20.3 Å². The minimum absolute atomic E-state index is 0.0666. The average molecular weight is 360 g/mol. The summed E-state index contributed by atoms with van der Waals surface area (Å²) in [4.78, 5) is 11.9. The standard InChI is InChI=1S/C13H20N4O4S2/c1-3-5-9(2)12(13(18)15-19)16-23(20,21)11-6-4-7-17-10(11)8-14-22-17/h4,6-9,12,14,16,19H,3,5H2,1-2H3,(H,15,18)/t9-,12?/m1/s1. The second-order valence-electron chi connectivity index (χ2n) is 5.28. The molecule has 4 N–H and O–H groups in total. The van der Waals surface area contributed by atoms with Gasteiger partial charge in [-0.15, -0.1) is 0 Å². The van der Waals surface area contributed by atoms with Crippen molar-refractivity contribution in [2.24, 2.45) is 5.92 Å². The molecule has 1 unspecified atom stereocenters. The summed E-state index contributed by atoms with van der Waals surface area (Å²) < 4.78 is 32.3. The second kappa shape index (κ2) is 7.39. The van der Waals surface area contributed by atoms with Gasteiger partial charge >= 0.3 is 0 Å². The number of carbonyl (C=O) groups is 1. The van der Waals surface area contributed by atoms with Gasteiger partial charge in [-0.25, -0.2) is 13.9 Å². The molecule has 2 atom stereocenters. The van der Waals surface area contributed by atoms with Gasteiger partial charge in [-0.3, -0.25) is 14.3 Å². The van der Waals surface area contributed by atoms with Crippen LogP contribution in [-0.4, -0.2) is 29.9 Å². The van der Waals surface area contributed by atoms with Crippen LogP contribution in [0.4, 0.5) is 0 Å². The van der Waals surface area contributed by atoms with Crippen LogP contribution < -0.4 is 14.9 Å². The molecular formula is C13H20N4O4S2. The van der Waals surface area contributed by atoms with Gasteiger partial charge in [0.15, 0.2) is 0 Å². The number of carbonyl (C=O) groups excluding carboxylic acids is 1. The Morgan fingerprint density at radius 2 is 2.26 bits per heavy atom. The fraction of sp³-hybridized carbons (Fsp3) is 0.462. The first-order valence-electron chi connectivity index (χ1n) is 7.17. The molecule has 1 amide bonds. The summed E-state index contributed by atoms with van der Waals surface area (Å²) >= 11 is 1.24. The molecule has 0 saturated carbocycles. The van der Waals surface area contributed by atoms with Crippen molar-refractivity contribution in [1.82, 2.24) is 19.2 Å². The molecule has 0 fully saturated rings. The largest absolute Gasteiger partial charge is 0.316 e. The van der Waals surface area contributed by atoms with Crippen LogP contribution in [0.3, 0.4) is 0 Å². The molecule has 0 saturated heterocycles. The maximum atomic E-state index is 12.7. The Bertz CT molecular complexity index is 657. The lowest BCUT2D eigenvalue weighted by Gasteiger charge is -2.25. The van der Waals surface area contributed by atoms with Gasteiger partial charge in [-0.2, -0.15) is 4.72 Å². The Kier molecular flexibility index (Phi) is 5.74. The lowest BCUT2D eigenvalue weighted by atomic mass is 9.97. The molecule has 2 rings (SSSR count). The Balaban J connectivity index is 2.26. The van der Waals surface area contributed by atoms with Gasteiger partial charge in [0.05, 0.1) is 17.8 Å². The van der Waals surface area contributed by atoms with Crippen LogP contribution in [0.5, 0.6) is 0 Å². The van der Waals surface area contributed by atoms with E-state index < -0.39 is 22.0 Å². The topological polar surface area (TPSA) is 111 Å². The number of fused-ring (bicyclic) bond motifs is 1. The Labute approximate surface area is 140 Å². The highest BCUT2D eigenvalue weighted by molar-refractivity contribution is 7.96. The monoisotopic (exact) mass is 360 g/mol. The van der Waals surface area contributed by atoms with E-state index >= 15 is 0 Å². The van der Waals surface area contributed by atoms with Gasteiger partial charge in [0.2, 0.25) is 10.0 Å². The van der Waals surface area contributed by atoms with Gasteiger partial charge in [0.25, 0.3) is 5.91 Å². The number of allylic oxidation sites excluding steroid dienone is 2. The summed E-state index contributed by atoms with van der Waals surface area (Å²) in [6.45, 7) is 3.71.